The van der Waals surface area contributed by atoms with Gasteiger partial charge in [-0.1, -0.05) is 11.6 Å². The molecule has 0 radical (unpaired) electrons. The molecule has 0 heterocycles. The fourth-order valence-corrected chi connectivity index (χ4v) is 5.95. The predicted octanol–water partition coefficient (Wildman–Crippen LogP) is 2.55. The van der Waals surface area contributed by atoms with Gasteiger partial charge < -0.3 is 54.7 Å². The second kappa shape index (κ2) is 18.9. The van der Waals surface area contributed by atoms with Crippen LogP contribution in [-0.2, 0) is 38.1 Å². The Kier molecular flexibility index (Phi) is 18.3. The van der Waals surface area contributed by atoms with Crippen LogP contribution < -0.4 is 51.4 Å². The number of benzene rings is 3. The van der Waals surface area contributed by atoms with Crippen molar-refractivity contribution < 1.29 is 66.7 Å². The monoisotopic (exact) mass is 673 g/mol. The first kappa shape index (κ1) is 45.4. The minimum Gasteiger partial charge on any atom is -0.565 e. The second-order valence-corrected chi connectivity index (χ2v) is 13.7. The molecule has 0 fully saturated rings. The zero-order valence-electron chi connectivity index (χ0n) is 31.8. The van der Waals surface area contributed by atoms with Gasteiger partial charge in [-0.25, -0.2) is 0 Å². The van der Waals surface area contributed by atoms with E-state index in [0.29, 0.717) is 49.8 Å². The molecule has 0 unspecified atom stereocenters. The van der Waals surface area contributed by atoms with Gasteiger partial charge in [-0.05, 0) is 118 Å². The molecule has 3 aromatic rings. The smallest absolute Gasteiger partial charge is 0.565 e. The Hall–Kier alpha value is -1.63. The van der Waals surface area contributed by atoms with Crippen molar-refractivity contribution in [1.82, 2.24) is 24.5 Å². The van der Waals surface area contributed by atoms with Gasteiger partial charge in [0.25, 0.3) is 0 Å². The van der Waals surface area contributed by atoms with E-state index in [2.05, 4.69) is 63.8 Å². The van der Waals surface area contributed by atoms with Crippen molar-refractivity contribution in [2.75, 3.05) is 70.5 Å². The van der Waals surface area contributed by atoms with Crippen LogP contribution >= 0.6 is 0 Å². The van der Waals surface area contributed by atoms with Crippen LogP contribution in [0.1, 0.15) is 57.0 Å². The summed E-state index contributed by atoms with van der Waals surface area (Å²) in [6, 6.07) is 12.5. The van der Waals surface area contributed by atoms with Gasteiger partial charge in [0.05, 0.1) is 0 Å². The molecule has 3 aromatic carbocycles. The quantitative estimate of drug-likeness (QED) is 0.145. The summed E-state index contributed by atoms with van der Waals surface area (Å²) in [5.74, 6) is 0.815. The Morgan fingerprint density at radius 3 is 0.915 bits per heavy atom. The molecule has 3 rings (SSSR count). The summed E-state index contributed by atoms with van der Waals surface area (Å²) in [6.45, 7) is 9.29. The second-order valence-electron chi connectivity index (χ2n) is 13.7. The number of hydrogen-bond acceptors (Lipinski definition) is 8. The molecule has 0 saturated heterocycles. The first-order valence-corrected chi connectivity index (χ1v) is 15.1. The summed E-state index contributed by atoms with van der Waals surface area (Å²) in [5.41, 5.74) is 7.02. The zero-order chi connectivity index (χ0) is 33.1. The van der Waals surface area contributed by atoms with Crippen LogP contribution in [-0.4, -0.2) is 110 Å². The maximum Gasteiger partial charge on any atom is 1.00 e. The van der Waals surface area contributed by atoms with Gasteiger partial charge in [-0.3, -0.25) is 0 Å². The van der Waals surface area contributed by atoms with Crippen LogP contribution in [0.15, 0.2) is 36.4 Å². The number of phenols is 3. The Balaban J connectivity index is 0.00000705. The van der Waals surface area contributed by atoms with E-state index in [1.165, 1.54) is 0 Å². The van der Waals surface area contributed by atoms with Crippen molar-refractivity contribution in [2.24, 2.45) is 0 Å². The van der Waals surface area contributed by atoms with Crippen LogP contribution in [0, 0.1) is 21.8 Å². The molecule has 8 nitrogen and oxygen atoms in total. The van der Waals surface area contributed by atoms with E-state index in [0.717, 1.165) is 44.5 Å². The standard InChI is InChI=1S/C36H54N5O3.2CH3.K/c1-24-13-30(14-25(33(24)42)19-37(3)4)36(2,31-15-26(20-38(5)6)34(43)27(16-31)21-39(7)8)32-17-28(22-40(9)10)35(44)29(18-32)23-41(11)12;;;/h13-18,42-44H,1,19-23H2,2-12H3;2*1H3;/q3*-1;+1. The minimum atomic E-state index is -0.729. The van der Waals surface area contributed by atoms with Gasteiger partial charge in [0, 0.05) is 66.1 Å². The SMILES string of the molecule is [CH2-]c1cc(C(C)(c2cc(CN(C)C)c(O)c(CN(C)C)c2)c2cc(CN(C)C)c(O)c(CN(C)C)c2)cc(CN(C)C)c1O.[CH3-].[CH3-].[K+]. The third-order valence-electron chi connectivity index (χ3n) is 7.97. The first-order chi connectivity index (χ1) is 20.4. The van der Waals surface area contributed by atoms with Gasteiger partial charge in [0.1, 0.15) is 11.5 Å². The number of aromatic hydroxyl groups is 3. The zero-order valence-corrected chi connectivity index (χ0v) is 34.9. The Morgan fingerprint density at radius 1 is 0.468 bits per heavy atom. The third kappa shape index (κ3) is 11.2. The van der Waals surface area contributed by atoms with Crippen molar-refractivity contribution in [1.29, 1.82) is 0 Å². The first-order valence-electron chi connectivity index (χ1n) is 15.1. The van der Waals surface area contributed by atoms with Crippen LogP contribution in [0.4, 0.5) is 0 Å². The molecular formula is C38H60KN5O3-2. The van der Waals surface area contributed by atoms with Gasteiger partial charge in [0.2, 0.25) is 0 Å². The van der Waals surface area contributed by atoms with E-state index >= 15 is 0 Å². The summed E-state index contributed by atoms with van der Waals surface area (Å²) < 4.78 is 0. The van der Waals surface area contributed by atoms with Crippen molar-refractivity contribution >= 4 is 0 Å². The molecule has 258 valence electrons. The average molecular weight is 674 g/mol. The molecule has 0 aliphatic heterocycles. The molecule has 0 saturated carbocycles. The van der Waals surface area contributed by atoms with Gasteiger partial charge in [-0.2, -0.15) is 18.6 Å². The van der Waals surface area contributed by atoms with Crippen LogP contribution in [0.25, 0.3) is 0 Å². The Bertz CT molecular complexity index is 1320. The van der Waals surface area contributed by atoms with E-state index in [4.69, 9.17) is 0 Å². The number of rotatable bonds is 13. The van der Waals surface area contributed by atoms with Crippen molar-refractivity contribution in [3.8, 4) is 17.2 Å². The Labute approximate surface area is 329 Å². The van der Waals surface area contributed by atoms with Crippen molar-refractivity contribution in [3.63, 3.8) is 0 Å². The van der Waals surface area contributed by atoms with E-state index in [-0.39, 0.29) is 72.0 Å². The van der Waals surface area contributed by atoms with Crippen LogP contribution in [0.2, 0.25) is 0 Å². The fourth-order valence-electron chi connectivity index (χ4n) is 5.95. The third-order valence-corrected chi connectivity index (χ3v) is 7.97. The molecule has 3 N–H and O–H groups in total. The molecule has 0 bridgehead atoms. The molecule has 0 aromatic heterocycles. The fraction of sp³-hybridized carbons (Fsp3) is 0.447. The summed E-state index contributed by atoms with van der Waals surface area (Å²) in [6.07, 6.45) is 0. The summed E-state index contributed by atoms with van der Waals surface area (Å²) in [4.78, 5) is 10.3. The average Bonchev–Trinajstić information content (AvgIpc) is 2.89. The predicted molar refractivity (Wildman–Crippen MR) is 194 cm³/mol. The van der Waals surface area contributed by atoms with Crippen molar-refractivity contribution in [2.45, 2.75) is 45.1 Å². The molecule has 0 aliphatic carbocycles. The van der Waals surface area contributed by atoms with Crippen LogP contribution in [0.5, 0.6) is 17.2 Å². The van der Waals surface area contributed by atoms with E-state index < -0.39 is 5.41 Å². The van der Waals surface area contributed by atoms with E-state index in [9.17, 15) is 15.3 Å². The maximum absolute atomic E-state index is 11.4. The van der Waals surface area contributed by atoms with Gasteiger partial charge in [-0.15, -0.1) is 0 Å². The largest absolute Gasteiger partial charge is 1.00 e. The molecule has 0 spiro atoms. The number of nitrogens with zero attached hydrogens (tertiary/aromatic N) is 5. The maximum atomic E-state index is 11.4. The minimum absolute atomic E-state index is 0. The molecule has 9 heteroatoms. The number of phenolic OH excluding ortho intramolecular Hbond substituents is 3. The molecule has 47 heavy (non-hydrogen) atoms. The van der Waals surface area contributed by atoms with E-state index in [1.54, 1.807) is 0 Å². The summed E-state index contributed by atoms with van der Waals surface area (Å²) in [7, 11) is 20.0. The topological polar surface area (TPSA) is 76.9 Å². The number of hydrogen-bond donors (Lipinski definition) is 3. The molecule has 0 amide bonds. The Morgan fingerprint density at radius 2 is 0.681 bits per heavy atom. The molecule has 0 aliphatic rings. The van der Waals surface area contributed by atoms with Crippen molar-refractivity contribution in [3.05, 3.63) is 108 Å². The van der Waals surface area contributed by atoms with Gasteiger partial charge >= 0.3 is 51.4 Å². The summed E-state index contributed by atoms with van der Waals surface area (Å²) >= 11 is 0. The normalized spacial score (nSPS) is 11.7. The molecule has 0 atom stereocenters. The molecular weight excluding hydrogens is 614 g/mol. The summed E-state index contributed by atoms with van der Waals surface area (Å²) in [5, 5.41) is 33.9. The van der Waals surface area contributed by atoms with E-state index in [1.807, 2.05) is 81.4 Å². The van der Waals surface area contributed by atoms with Crippen LogP contribution in [0.3, 0.4) is 0 Å². The van der Waals surface area contributed by atoms with Gasteiger partial charge in [0.15, 0.2) is 0 Å².